The molecular formula is C29H23O2+. The topological polar surface area (TPSA) is 28.4 Å². The van der Waals surface area contributed by atoms with Crippen molar-refractivity contribution in [1.82, 2.24) is 0 Å². The van der Waals surface area contributed by atoms with Gasteiger partial charge in [0.05, 0.1) is 5.56 Å². The lowest BCUT2D eigenvalue weighted by Crippen LogP contribution is -2.15. The SMILES string of the molecule is O=C([O+]=C1C=CC(=C2CCCC2)c2ccccc21)C1c2ccccc2-c2ccccc21. The third-order valence-corrected chi connectivity index (χ3v) is 6.75. The van der Waals surface area contributed by atoms with E-state index in [9.17, 15) is 4.79 Å². The van der Waals surface area contributed by atoms with Crippen LogP contribution in [0.2, 0.25) is 0 Å². The number of carbonyl (C=O) groups is 1. The first kappa shape index (κ1) is 18.3. The molecule has 0 N–H and O–H groups in total. The number of hydrogen-bond acceptors (Lipinski definition) is 1. The van der Waals surface area contributed by atoms with E-state index < -0.39 is 5.92 Å². The molecule has 2 nitrogen and oxygen atoms in total. The molecule has 150 valence electrons. The molecule has 0 radical (unpaired) electrons. The molecule has 0 saturated heterocycles. The van der Waals surface area contributed by atoms with Gasteiger partial charge in [0, 0.05) is 10.9 Å². The zero-order chi connectivity index (χ0) is 20.8. The molecule has 31 heavy (non-hydrogen) atoms. The average Bonchev–Trinajstić information content (AvgIpc) is 3.46. The summed E-state index contributed by atoms with van der Waals surface area (Å²) >= 11 is 0. The van der Waals surface area contributed by atoms with E-state index in [4.69, 9.17) is 4.42 Å². The van der Waals surface area contributed by atoms with Crippen LogP contribution in [0.15, 0.2) is 90.5 Å². The number of allylic oxidation sites excluding steroid dienone is 4. The zero-order valence-corrected chi connectivity index (χ0v) is 17.3. The molecule has 0 heterocycles. The largest absolute Gasteiger partial charge is 0.592 e. The molecule has 0 spiro atoms. The minimum atomic E-state index is -0.393. The summed E-state index contributed by atoms with van der Waals surface area (Å²) in [5.41, 5.74) is 9.31. The Bertz CT molecular complexity index is 1250. The Kier molecular flexibility index (Phi) is 4.31. The monoisotopic (exact) mass is 403 g/mol. The highest BCUT2D eigenvalue weighted by Gasteiger charge is 2.41. The quantitative estimate of drug-likeness (QED) is 0.419. The van der Waals surface area contributed by atoms with Crippen molar-refractivity contribution in [2.24, 2.45) is 0 Å². The van der Waals surface area contributed by atoms with Gasteiger partial charge in [0.25, 0.3) is 5.78 Å². The van der Waals surface area contributed by atoms with Crippen LogP contribution >= 0.6 is 0 Å². The van der Waals surface area contributed by atoms with E-state index in [1.807, 2.05) is 48.5 Å². The van der Waals surface area contributed by atoms with Crippen LogP contribution in [-0.2, 0) is 4.79 Å². The molecule has 3 aliphatic carbocycles. The van der Waals surface area contributed by atoms with Gasteiger partial charge in [-0.25, -0.2) is 0 Å². The Morgan fingerprint density at radius 1 is 0.677 bits per heavy atom. The van der Waals surface area contributed by atoms with Crippen LogP contribution in [0.5, 0.6) is 0 Å². The fourth-order valence-electron chi connectivity index (χ4n) is 5.32. The molecular weight excluding hydrogens is 380 g/mol. The first-order chi connectivity index (χ1) is 15.3. The molecule has 1 saturated carbocycles. The van der Waals surface area contributed by atoms with Crippen molar-refractivity contribution in [2.75, 3.05) is 0 Å². The molecule has 0 amide bonds. The van der Waals surface area contributed by atoms with Crippen molar-refractivity contribution in [1.29, 1.82) is 0 Å². The molecule has 3 aromatic carbocycles. The lowest BCUT2D eigenvalue weighted by atomic mass is 9.88. The van der Waals surface area contributed by atoms with Gasteiger partial charge >= 0.3 is 5.97 Å². The van der Waals surface area contributed by atoms with Crippen LogP contribution in [0.3, 0.4) is 0 Å². The molecule has 0 aliphatic heterocycles. The molecule has 0 atom stereocenters. The molecule has 3 aliphatic rings. The van der Waals surface area contributed by atoms with Gasteiger partial charge in [0.15, 0.2) is 5.92 Å². The van der Waals surface area contributed by atoms with E-state index >= 15 is 0 Å². The number of rotatable bonds is 1. The van der Waals surface area contributed by atoms with Crippen LogP contribution in [0.1, 0.15) is 58.3 Å². The van der Waals surface area contributed by atoms with Crippen molar-refractivity contribution >= 4 is 17.3 Å². The first-order valence-corrected chi connectivity index (χ1v) is 11.1. The van der Waals surface area contributed by atoms with Crippen LogP contribution in [0.25, 0.3) is 16.7 Å². The molecule has 0 unspecified atom stereocenters. The van der Waals surface area contributed by atoms with Crippen molar-refractivity contribution < 1.29 is 9.22 Å². The Labute approximate surface area is 182 Å². The summed E-state index contributed by atoms with van der Waals surface area (Å²) in [7, 11) is 0. The number of hydrogen-bond donors (Lipinski definition) is 0. The van der Waals surface area contributed by atoms with E-state index in [2.05, 4.69) is 36.4 Å². The van der Waals surface area contributed by atoms with Crippen molar-refractivity contribution in [3.05, 3.63) is 113 Å². The summed E-state index contributed by atoms with van der Waals surface area (Å²) in [6.45, 7) is 0. The van der Waals surface area contributed by atoms with Gasteiger partial charge in [-0.15, -0.1) is 0 Å². The van der Waals surface area contributed by atoms with E-state index in [0.29, 0.717) is 5.78 Å². The van der Waals surface area contributed by atoms with Crippen molar-refractivity contribution in [3.63, 3.8) is 0 Å². The van der Waals surface area contributed by atoms with Crippen molar-refractivity contribution in [3.8, 4) is 11.1 Å². The highest BCUT2D eigenvalue weighted by Crippen LogP contribution is 2.45. The van der Waals surface area contributed by atoms with E-state index in [1.54, 1.807) is 0 Å². The smallest absolute Gasteiger partial charge is 0.270 e. The molecule has 1 fully saturated rings. The summed E-state index contributed by atoms with van der Waals surface area (Å²) in [5.74, 6) is 0.0312. The summed E-state index contributed by atoms with van der Waals surface area (Å²) in [6.07, 6.45) is 8.98. The van der Waals surface area contributed by atoms with Gasteiger partial charge in [-0.05, 0) is 71.2 Å². The Morgan fingerprint density at radius 3 is 1.87 bits per heavy atom. The molecule has 3 aromatic rings. The second-order valence-electron chi connectivity index (χ2n) is 8.50. The molecule has 0 aromatic heterocycles. The number of fused-ring (bicyclic) bond motifs is 4. The predicted molar refractivity (Wildman–Crippen MR) is 124 cm³/mol. The normalized spacial score (nSPS) is 18.3. The maximum absolute atomic E-state index is 13.5. The van der Waals surface area contributed by atoms with Gasteiger partial charge < -0.3 is 0 Å². The summed E-state index contributed by atoms with van der Waals surface area (Å²) in [6, 6.07) is 24.6. The summed E-state index contributed by atoms with van der Waals surface area (Å²) < 4.78 is 6.09. The van der Waals surface area contributed by atoms with Crippen LogP contribution in [-0.4, -0.2) is 11.8 Å². The van der Waals surface area contributed by atoms with E-state index in [-0.39, 0.29) is 5.97 Å². The highest BCUT2D eigenvalue weighted by molar-refractivity contribution is 6.14. The molecule has 0 bridgehead atoms. The summed E-state index contributed by atoms with van der Waals surface area (Å²) in [4.78, 5) is 13.5. The third kappa shape index (κ3) is 2.94. The van der Waals surface area contributed by atoms with Gasteiger partial charge in [-0.2, -0.15) is 0 Å². The maximum Gasteiger partial charge on any atom is 0.592 e. The second-order valence-corrected chi connectivity index (χ2v) is 8.50. The van der Waals surface area contributed by atoms with E-state index in [1.165, 1.54) is 42.4 Å². The highest BCUT2D eigenvalue weighted by atomic mass is 16.5. The Morgan fingerprint density at radius 2 is 1.23 bits per heavy atom. The van der Waals surface area contributed by atoms with Gasteiger partial charge in [-0.1, -0.05) is 72.3 Å². The lowest BCUT2D eigenvalue weighted by Gasteiger charge is -2.15. The standard InChI is InChI=1S/C29H23O2/c30-29(28-25-15-7-4-12-22(25)23-13-5-8-16-26(23)28)31-27-18-17-20(19-9-1-2-10-19)21-11-3-6-14-24(21)27/h3-8,11-18,28H,1-2,9-10H2/q+1. The van der Waals surface area contributed by atoms with E-state index in [0.717, 1.165) is 27.8 Å². The van der Waals surface area contributed by atoms with Gasteiger partial charge in [0.1, 0.15) is 0 Å². The first-order valence-electron chi connectivity index (χ1n) is 11.1. The van der Waals surface area contributed by atoms with Crippen LogP contribution in [0.4, 0.5) is 0 Å². The number of benzene rings is 3. The van der Waals surface area contributed by atoms with Gasteiger partial charge in [-0.3, -0.25) is 4.42 Å². The predicted octanol–water partition coefficient (Wildman–Crippen LogP) is 6.64. The second kappa shape index (κ2) is 7.31. The third-order valence-electron chi connectivity index (χ3n) is 6.75. The Balaban J connectivity index is 1.44. The minimum absolute atomic E-state index is 0.219. The number of carbonyl (C=O) groups excluding carboxylic acids is 2. The van der Waals surface area contributed by atoms with Crippen molar-refractivity contribution in [2.45, 2.75) is 31.6 Å². The fraction of sp³-hybridized carbons (Fsp3) is 0.172. The van der Waals surface area contributed by atoms with Crippen LogP contribution < -0.4 is 0 Å². The number of ketones is 1. The molecule has 2 heteroatoms. The zero-order valence-electron chi connectivity index (χ0n) is 17.3. The summed E-state index contributed by atoms with van der Waals surface area (Å²) in [5, 5.41) is 0. The average molecular weight is 404 g/mol. The fourth-order valence-corrected chi connectivity index (χ4v) is 5.32. The lowest BCUT2D eigenvalue weighted by molar-refractivity contribution is -0.245. The van der Waals surface area contributed by atoms with Crippen LogP contribution in [0, 0.1) is 0 Å². The maximum atomic E-state index is 13.5. The Hall–Kier alpha value is -3.52. The van der Waals surface area contributed by atoms with Gasteiger partial charge in [0.2, 0.25) is 0 Å². The minimum Gasteiger partial charge on any atom is -0.270 e. The molecule has 6 rings (SSSR count).